The molecule has 0 aliphatic carbocycles. The molecule has 0 radical (unpaired) electrons. The molecule has 26 heavy (non-hydrogen) atoms. The number of carbonyl (C=O) groups excluding carboxylic acids is 1. The maximum absolute atomic E-state index is 12.3. The zero-order chi connectivity index (χ0) is 18.0. The third-order valence-electron chi connectivity index (χ3n) is 4.06. The minimum Gasteiger partial charge on any atom is -0.454 e. The van der Waals surface area contributed by atoms with E-state index in [1.54, 1.807) is 18.2 Å². The Morgan fingerprint density at radius 3 is 2.85 bits per heavy atom. The van der Waals surface area contributed by atoms with Gasteiger partial charge in [0.05, 0.1) is 6.54 Å². The summed E-state index contributed by atoms with van der Waals surface area (Å²) in [5, 5.41) is 22.4. The maximum atomic E-state index is 12.3. The van der Waals surface area contributed by atoms with E-state index in [0.29, 0.717) is 17.2 Å². The third-order valence-corrected chi connectivity index (χ3v) is 5.77. The van der Waals surface area contributed by atoms with Crippen molar-refractivity contribution >= 4 is 34.4 Å². The Labute approximate surface area is 158 Å². The molecular formula is C18H16N2O4S2. The number of carbonyl (C=O) groups is 1. The van der Waals surface area contributed by atoms with Crippen LogP contribution < -0.4 is 20.1 Å². The molecule has 1 atom stereocenters. The number of nitrogens with one attached hydrogen (secondary N) is 2. The topological polar surface area (TPSA) is 79.8 Å². The molecule has 3 aromatic rings. The lowest BCUT2D eigenvalue weighted by molar-refractivity contribution is 0.0871. The van der Waals surface area contributed by atoms with E-state index in [1.807, 2.05) is 34.3 Å². The molecule has 8 heteroatoms. The second kappa shape index (κ2) is 6.99. The van der Waals surface area contributed by atoms with Crippen LogP contribution in [-0.2, 0) is 5.60 Å². The summed E-state index contributed by atoms with van der Waals surface area (Å²) in [6, 6.07) is 10.4. The lowest BCUT2D eigenvalue weighted by Gasteiger charge is -2.27. The number of ether oxygens (including phenoxy) is 2. The highest BCUT2D eigenvalue weighted by Crippen LogP contribution is 2.35. The molecule has 0 fully saturated rings. The Bertz CT molecular complexity index is 860. The molecule has 6 nitrogen and oxygen atoms in total. The first-order chi connectivity index (χ1) is 12.6. The molecule has 3 N–H and O–H groups in total. The largest absolute Gasteiger partial charge is 0.454 e. The minimum atomic E-state index is -1.26. The van der Waals surface area contributed by atoms with Crippen LogP contribution in [0.15, 0.2) is 52.5 Å². The summed E-state index contributed by atoms with van der Waals surface area (Å²) in [5.41, 5.74) is 0.0793. The third kappa shape index (κ3) is 3.26. The fourth-order valence-electron chi connectivity index (χ4n) is 2.70. The fraction of sp³-hybridized carbons (Fsp3) is 0.167. The molecular weight excluding hydrogens is 372 g/mol. The number of hydrogen-bond donors (Lipinski definition) is 3. The predicted octanol–water partition coefficient (Wildman–Crippen LogP) is 3.60. The Kier molecular flexibility index (Phi) is 4.54. The van der Waals surface area contributed by atoms with Gasteiger partial charge in [0.25, 0.3) is 0 Å². The van der Waals surface area contributed by atoms with Gasteiger partial charge < -0.3 is 25.2 Å². The van der Waals surface area contributed by atoms with Crippen molar-refractivity contribution in [1.82, 2.24) is 5.32 Å². The van der Waals surface area contributed by atoms with Crippen molar-refractivity contribution in [2.24, 2.45) is 0 Å². The maximum Gasteiger partial charge on any atom is 0.319 e. The van der Waals surface area contributed by atoms with Gasteiger partial charge in [-0.1, -0.05) is 6.07 Å². The van der Waals surface area contributed by atoms with Gasteiger partial charge in [0.2, 0.25) is 6.79 Å². The van der Waals surface area contributed by atoms with E-state index in [2.05, 4.69) is 10.6 Å². The summed E-state index contributed by atoms with van der Waals surface area (Å²) < 4.78 is 10.6. The molecule has 134 valence electrons. The van der Waals surface area contributed by atoms with Crippen molar-refractivity contribution in [3.8, 4) is 11.5 Å². The molecule has 0 saturated heterocycles. The molecule has 0 bridgehead atoms. The number of anilines is 1. The van der Waals surface area contributed by atoms with Crippen molar-refractivity contribution in [3.05, 3.63) is 63.0 Å². The van der Waals surface area contributed by atoms with Gasteiger partial charge in [-0.05, 0) is 40.4 Å². The van der Waals surface area contributed by atoms with E-state index in [-0.39, 0.29) is 13.3 Å². The molecule has 0 spiro atoms. The molecule has 1 aliphatic heterocycles. The van der Waals surface area contributed by atoms with Crippen LogP contribution >= 0.6 is 22.7 Å². The zero-order valence-corrected chi connectivity index (χ0v) is 15.2. The Morgan fingerprint density at radius 1 is 1.19 bits per heavy atom. The summed E-state index contributed by atoms with van der Waals surface area (Å²) in [6.45, 7) is 0.236. The quantitative estimate of drug-likeness (QED) is 0.624. The monoisotopic (exact) mass is 388 g/mol. The Balaban J connectivity index is 1.45. The second-order valence-electron chi connectivity index (χ2n) is 5.73. The number of urea groups is 1. The number of hydrogen-bond acceptors (Lipinski definition) is 6. The summed E-state index contributed by atoms with van der Waals surface area (Å²) in [6.07, 6.45) is 0. The van der Waals surface area contributed by atoms with Gasteiger partial charge >= 0.3 is 6.03 Å². The smallest absolute Gasteiger partial charge is 0.319 e. The SMILES string of the molecule is O=C(NCC(O)(c1ccsc1)c1cccs1)Nc1ccc2c(c1)OCO2. The van der Waals surface area contributed by atoms with Gasteiger partial charge in [0.15, 0.2) is 11.5 Å². The first kappa shape index (κ1) is 16.9. The van der Waals surface area contributed by atoms with E-state index in [4.69, 9.17) is 9.47 Å². The normalized spacial score (nSPS) is 14.7. The summed E-state index contributed by atoms with van der Waals surface area (Å²) in [7, 11) is 0. The molecule has 1 unspecified atom stereocenters. The van der Waals surface area contributed by atoms with Crippen LogP contribution in [0.25, 0.3) is 0 Å². The minimum absolute atomic E-state index is 0.0562. The van der Waals surface area contributed by atoms with Crippen LogP contribution in [0, 0.1) is 0 Å². The van der Waals surface area contributed by atoms with Crippen molar-refractivity contribution in [1.29, 1.82) is 0 Å². The van der Waals surface area contributed by atoms with Gasteiger partial charge in [0.1, 0.15) is 5.60 Å². The molecule has 3 heterocycles. The Morgan fingerprint density at radius 2 is 2.08 bits per heavy atom. The highest BCUT2D eigenvalue weighted by atomic mass is 32.1. The second-order valence-corrected chi connectivity index (χ2v) is 7.45. The van der Waals surface area contributed by atoms with Crippen molar-refractivity contribution in [3.63, 3.8) is 0 Å². The standard InChI is InChI=1S/C18H16N2O4S2/c21-17(20-13-3-4-14-15(8-13)24-11-23-14)19-10-18(22,12-5-7-25-9-12)16-2-1-6-26-16/h1-9,22H,10-11H2,(H2,19,20,21). The molecule has 4 rings (SSSR count). The molecule has 1 aliphatic rings. The average molecular weight is 388 g/mol. The fourth-order valence-corrected chi connectivity index (χ4v) is 4.27. The lowest BCUT2D eigenvalue weighted by Crippen LogP contribution is -2.42. The van der Waals surface area contributed by atoms with Crippen molar-refractivity contribution in [2.75, 3.05) is 18.7 Å². The zero-order valence-electron chi connectivity index (χ0n) is 13.6. The van der Waals surface area contributed by atoms with Gasteiger partial charge in [-0.15, -0.1) is 11.3 Å². The molecule has 0 saturated carbocycles. The lowest BCUT2D eigenvalue weighted by atomic mass is 9.94. The van der Waals surface area contributed by atoms with Crippen molar-refractivity contribution in [2.45, 2.75) is 5.60 Å². The number of amides is 2. The van der Waals surface area contributed by atoms with Crippen LogP contribution in [0.3, 0.4) is 0 Å². The van der Waals surface area contributed by atoms with Crippen LogP contribution in [0.1, 0.15) is 10.4 Å². The number of fused-ring (bicyclic) bond motifs is 1. The van der Waals surface area contributed by atoms with Gasteiger partial charge in [-0.2, -0.15) is 11.3 Å². The van der Waals surface area contributed by atoms with Crippen molar-refractivity contribution < 1.29 is 19.4 Å². The van der Waals surface area contributed by atoms with Gasteiger partial charge in [-0.3, -0.25) is 0 Å². The first-order valence-corrected chi connectivity index (χ1v) is 9.71. The summed E-state index contributed by atoms with van der Waals surface area (Å²) >= 11 is 2.95. The van der Waals surface area contributed by atoms with Crippen LogP contribution in [0.2, 0.25) is 0 Å². The van der Waals surface area contributed by atoms with E-state index in [1.165, 1.54) is 22.7 Å². The van der Waals surface area contributed by atoms with Gasteiger partial charge in [0, 0.05) is 22.2 Å². The number of thiophene rings is 2. The number of rotatable bonds is 5. The Hall–Kier alpha value is -2.55. The average Bonchev–Trinajstić information content (AvgIpc) is 3.41. The van der Waals surface area contributed by atoms with Crippen LogP contribution in [0.5, 0.6) is 11.5 Å². The van der Waals surface area contributed by atoms with E-state index in [0.717, 1.165) is 10.4 Å². The van der Waals surface area contributed by atoms with E-state index >= 15 is 0 Å². The highest BCUT2D eigenvalue weighted by molar-refractivity contribution is 7.10. The van der Waals surface area contributed by atoms with E-state index in [9.17, 15) is 9.90 Å². The predicted molar refractivity (Wildman–Crippen MR) is 101 cm³/mol. The summed E-state index contributed by atoms with van der Waals surface area (Å²) in [4.78, 5) is 13.1. The summed E-state index contributed by atoms with van der Waals surface area (Å²) in [5.74, 6) is 1.25. The number of aliphatic hydroxyl groups is 1. The first-order valence-electron chi connectivity index (χ1n) is 7.89. The van der Waals surface area contributed by atoms with Crippen LogP contribution in [-0.4, -0.2) is 24.5 Å². The molecule has 2 amide bonds. The molecule has 2 aromatic heterocycles. The van der Waals surface area contributed by atoms with Crippen LogP contribution in [0.4, 0.5) is 10.5 Å². The number of benzene rings is 1. The molecule has 1 aromatic carbocycles. The highest BCUT2D eigenvalue weighted by Gasteiger charge is 2.33. The van der Waals surface area contributed by atoms with Gasteiger partial charge in [-0.25, -0.2) is 4.79 Å². The van der Waals surface area contributed by atoms with E-state index < -0.39 is 11.6 Å².